The number of para-hydroxylation sites is 2. The Bertz CT molecular complexity index is 930. The molecular formula is C19H18F6N4S2. The molecule has 1 atom stereocenters. The molecule has 0 aliphatic rings. The summed E-state index contributed by atoms with van der Waals surface area (Å²) in [5.74, 6) is 0. The number of rotatable bonds is 5. The highest BCUT2D eigenvalue weighted by molar-refractivity contribution is 7.80. The molecule has 0 aliphatic heterocycles. The molecule has 2 aromatic carbocycles. The summed E-state index contributed by atoms with van der Waals surface area (Å²) in [6, 6.07) is 9.35. The van der Waals surface area contributed by atoms with Crippen LogP contribution in [0.25, 0.3) is 0 Å². The summed E-state index contributed by atoms with van der Waals surface area (Å²) in [6.07, 6.45) is -9.09. The Morgan fingerprint density at radius 3 is 1.65 bits per heavy atom. The zero-order chi connectivity index (χ0) is 23.2. The summed E-state index contributed by atoms with van der Waals surface area (Å²) in [7, 11) is 0. The molecule has 0 unspecified atom stereocenters. The van der Waals surface area contributed by atoms with Crippen LogP contribution in [-0.2, 0) is 12.4 Å². The Kier molecular flexibility index (Phi) is 8.07. The minimum Gasteiger partial charge on any atom is -0.360 e. The number of benzene rings is 2. The maximum Gasteiger partial charge on any atom is 0.418 e. The molecule has 0 fully saturated rings. The van der Waals surface area contributed by atoms with Gasteiger partial charge in [0.25, 0.3) is 0 Å². The smallest absolute Gasteiger partial charge is 0.360 e. The quantitative estimate of drug-likeness (QED) is 0.340. The average molecular weight is 481 g/mol. The first-order valence-corrected chi connectivity index (χ1v) is 9.64. The van der Waals surface area contributed by atoms with Gasteiger partial charge in [0.1, 0.15) is 0 Å². The zero-order valence-electron chi connectivity index (χ0n) is 16.0. The summed E-state index contributed by atoms with van der Waals surface area (Å²) in [5, 5.41) is 10.4. The first-order chi connectivity index (χ1) is 14.4. The van der Waals surface area contributed by atoms with Crippen molar-refractivity contribution in [3.63, 3.8) is 0 Å². The van der Waals surface area contributed by atoms with E-state index < -0.39 is 29.5 Å². The van der Waals surface area contributed by atoms with E-state index in [4.69, 9.17) is 24.4 Å². The van der Waals surface area contributed by atoms with E-state index in [2.05, 4.69) is 21.3 Å². The van der Waals surface area contributed by atoms with Crippen LogP contribution in [0, 0.1) is 0 Å². The third-order valence-electron chi connectivity index (χ3n) is 3.91. The number of thiocarbonyl (C=S) groups is 2. The summed E-state index contributed by atoms with van der Waals surface area (Å²) >= 11 is 10.1. The molecule has 4 nitrogen and oxygen atoms in total. The Morgan fingerprint density at radius 1 is 0.774 bits per heavy atom. The largest absolute Gasteiger partial charge is 0.418 e. The molecule has 0 aliphatic carbocycles. The van der Waals surface area contributed by atoms with Crippen molar-refractivity contribution in [1.29, 1.82) is 0 Å². The molecule has 0 saturated heterocycles. The SMILES string of the molecule is C[C@@H](CNC(=S)Nc1ccccc1C(F)(F)F)NC(=S)Nc1ccccc1C(F)(F)F. The Balaban J connectivity index is 1.88. The van der Waals surface area contributed by atoms with Gasteiger partial charge in [0.2, 0.25) is 0 Å². The van der Waals surface area contributed by atoms with Crippen molar-refractivity contribution < 1.29 is 26.3 Å². The molecule has 12 heteroatoms. The van der Waals surface area contributed by atoms with Gasteiger partial charge >= 0.3 is 12.4 Å². The molecule has 0 bridgehead atoms. The Morgan fingerprint density at radius 2 is 1.19 bits per heavy atom. The highest BCUT2D eigenvalue weighted by Crippen LogP contribution is 2.35. The second-order valence-corrected chi connectivity index (χ2v) is 7.24. The fraction of sp³-hybridized carbons (Fsp3) is 0.263. The van der Waals surface area contributed by atoms with E-state index in [-0.39, 0.29) is 28.1 Å². The van der Waals surface area contributed by atoms with Gasteiger partial charge in [-0.25, -0.2) is 0 Å². The van der Waals surface area contributed by atoms with Gasteiger partial charge in [-0.05, 0) is 55.6 Å². The summed E-state index contributed by atoms with van der Waals surface area (Å²) in [5.41, 5.74) is -2.12. The van der Waals surface area contributed by atoms with E-state index in [9.17, 15) is 26.3 Å². The predicted molar refractivity (Wildman–Crippen MR) is 116 cm³/mol. The van der Waals surface area contributed by atoms with Crippen molar-refractivity contribution in [2.75, 3.05) is 17.2 Å². The lowest BCUT2D eigenvalue weighted by Gasteiger charge is -2.21. The van der Waals surface area contributed by atoms with E-state index in [0.29, 0.717) is 0 Å². The fourth-order valence-electron chi connectivity index (χ4n) is 2.52. The van der Waals surface area contributed by atoms with Crippen molar-refractivity contribution in [3.05, 3.63) is 59.7 Å². The van der Waals surface area contributed by atoms with Crippen molar-refractivity contribution in [1.82, 2.24) is 10.6 Å². The van der Waals surface area contributed by atoms with Gasteiger partial charge in [-0.3, -0.25) is 0 Å². The topological polar surface area (TPSA) is 48.1 Å². The van der Waals surface area contributed by atoms with Gasteiger partial charge in [-0.2, -0.15) is 26.3 Å². The highest BCUT2D eigenvalue weighted by atomic mass is 32.1. The lowest BCUT2D eigenvalue weighted by Crippen LogP contribution is -2.44. The first-order valence-electron chi connectivity index (χ1n) is 8.82. The molecule has 2 rings (SSSR count). The highest BCUT2D eigenvalue weighted by Gasteiger charge is 2.34. The van der Waals surface area contributed by atoms with Crippen molar-refractivity contribution >= 4 is 46.0 Å². The number of hydrogen-bond acceptors (Lipinski definition) is 2. The van der Waals surface area contributed by atoms with Crippen molar-refractivity contribution in [2.24, 2.45) is 0 Å². The van der Waals surface area contributed by atoms with E-state index in [0.717, 1.165) is 12.1 Å². The summed E-state index contributed by atoms with van der Waals surface area (Å²) < 4.78 is 78.2. The minimum atomic E-state index is -4.54. The molecule has 2 aromatic rings. The van der Waals surface area contributed by atoms with Gasteiger partial charge in [-0.15, -0.1) is 0 Å². The third-order valence-corrected chi connectivity index (χ3v) is 4.37. The summed E-state index contributed by atoms with van der Waals surface area (Å²) in [4.78, 5) is 0. The molecule has 4 N–H and O–H groups in total. The van der Waals surface area contributed by atoms with Gasteiger partial charge < -0.3 is 21.3 Å². The first kappa shape index (κ1) is 24.7. The average Bonchev–Trinajstić information content (AvgIpc) is 2.65. The van der Waals surface area contributed by atoms with Crippen LogP contribution in [0.15, 0.2) is 48.5 Å². The van der Waals surface area contributed by atoms with Crippen LogP contribution in [0.1, 0.15) is 18.1 Å². The Hall–Kier alpha value is -2.60. The lowest BCUT2D eigenvalue weighted by atomic mass is 10.1. The van der Waals surface area contributed by atoms with Crippen LogP contribution < -0.4 is 21.3 Å². The second-order valence-electron chi connectivity index (χ2n) is 6.42. The standard InChI is InChI=1S/C19H18F6N4S2/c1-11(27-17(31)29-15-9-5-3-7-13(15)19(23,24)25)10-26-16(30)28-14-8-4-2-6-12(14)18(20,21)22/h2-9,11H,10H2,1H3,(H2,26,28,30)(H2,27,29,31)/t11-/m0/s1. The monoisotopic (exact) mass is 480 g/mol. The lowest BCUT2D eigenvalue weighted by molar-refractivity contribution is -0.137. The number of nitrogens with one attached hydrogen (secondary N) is 4. The molecular weight excluding hydrogens is 462 g/mol. The molecule has 0 spiro atoms. The maximum absolute atomic E-state index is 13.0. The van der Waals surface area contributed by atoms with E-state index >= 15 is 0 Å². The van der Waals surface area contributed by atoms with E-state index in [1.165, 1.54) is 36.4 Å². The number of anilines is 2. The minimum absolute atomic E-state index is 0.0488. The molecule has 31 heavy (non-hydrogen) atoms. The number of halogens is 6. The Labute approximate surface area is 185 Å². The van der Waals surface area contributed by atoms with Gasteiger partial charge in [0, 0.05) is 12.6 Å². The molecule has 168 valence electrons. The van der Waals surface area contributed by atoms with Gasteiger partial charge in [0.05, 0.1) is 22.5 Å². The van der Waals surface area contributed by atoms with E-state index in [1.54, 1.807) is 6.92 Å². The number of alkyl halides is 6. The van der Waals surface area contributed by atoms with Gasteiger partial charge in [0.15, 0.2) is 10.2 Å². The fourth-order valence-corrected chi connectivity index (χ4v) is 3.03. The summed E-state index contributed by atoms with van der Waals surface area (Å²) in [6.45, 7) is 1.81. The predicted octanol–water partition coefficient (Wildman–Crippen LogP) is 5.39. The third kappa shape index (κ3) is 7.55. The molecule has 0 radical (unpaired) electrons. The molecule has 0 aromatic heterocycles. The van der Waals surface area contributed by atoms with Crippen LogP contribution in [-0.4, -0.2) is 22.8 Å². The normalized spacial score (nSPS) is 12.6. The van der Waals surface area contributed by atoms with E-state index in [1.807, 2.05) is 0 Å². The molecule has 0 saturated carbocycles. The van der Waals surface area contributed by atoms with Crippen LogP contribution >= 0.6 is 24.4 Å². The van der Waals surface area contributed by atoms with Crippen molar-refractivity contribution in [2.45, 2.75) is 25.3 Å². The van der Waals surface area contributed by atoms with Crippen LogP contribution in [0.5, 0.6) is 0 Å². The van der Waals surface area contributed by atoms with Crippen molar-refractivity contribution in [3.8, 4) is 0 Å². The van der Waals surface area contributed by atoms with Crippen LogP contribution in [0.4, 0.5) is 37.7 Å². The van der Waals surface area contributed by atoms with Crippen LogP contribution in [0.3, 0.4) is 0 Å². The second kappa shape index (κ2) is 10.1. The van der Waals surface area contributed by atoms with Crippen LogP contribution in [0.2, 0.25) is 0 Å². The number of hydrogen-bond donors (Lipinski definition) is 4. The molecule has 0 amide bonds. The van der Waals surface area contributed by atoms with Gasteiger partial charge in [-0.1, -0.05) is 24.3 Å². The molecule has 0 heterocycles. The maximum atomic E-state index is 13.0. The zero-order valence-corrected chi connectivity index (χ0v) is 17.6.